The molecule has 1 rings (SSSR count). The number of methoxy groups -OCH3 is 1. The van der Waals surface area contributed by atoms with Crippen LogP contribution in [0, 0.1) is 5.92 Å². The van der Waals surface area contributed by atoms with Crippen molar-refractivity contribution in [1.82, 2.24) is 5.32 Å². The number of ether oxygens (including phenoxy) is 2. The van der Waals surface area contributed by atoms with Crippen molar-refractivity contribution in [2.45, 2.75) is 25.3 Å². The van der Waals surface area contributed by atoms with E-state index in [0.29, 0.717) is 13.2 Å². The van der Waals surface area contributed by atoms with Gasteiger partial charge in [0.15, 0.2) is 0 Å². The number of carboxylic acid groups (broad SMARTS) is 1. The molecule has 1 fully saturated rings. The average molecular weight is 245 g/mol. The largest absolute Gasteiger partial charge is 0.480 e. The van der Waals surface area contributed by atoms with Crippen LogP contribution in [0.2, 0.25) is 0 Å². The number of hydrogen-bond donors (Lipinski definition) is 2. The molecule has 1 aliphatic rings. The SMILES string of the molecule is COCCOCC(=O)NC(C)(C(=O)O)C1CC1. The Bertz CT molecular complexity index is 290. The monoisotopic (exact) mass is 245 g/mol. The minimum Gasteiger partial charge on any atom is -0.480 e. The molecular formula is C11H19NO5. The molecule has 6 heteroatoms. The molecule has 0 radical (unpaired) electrons. The average Bonchev–Trinajstić information content (AvgIpc) is 3.07. The van der Waals surface area contributed by atoms with Gasteiger partial charge < -0.3 is 19.9 Å². The second-order valence-corrected chi connectivity index (χ2v) is 4.38. The smallest absolute Gasteiger partial charge is 0.329 e. The van der Waals surface area contributed by atoms with Crippen LogP contribution in [0.3, 0.4) is 0 Å². The lowest BCUT2D eigenvalue weighted by molar-refractivity contribution is -0.148. The van der Waals surface area contributed by atoms with Gasteiger partial charge in [0, 0.05) is 7.11 Å². The van der Waals surface area contributed by atoms with E-state index in [1.54, 1.807) is 6.92 Å². The Morgan fingerprint density at radius 1 is 1.41 bits per heavy atom. The Hall–Kier alpha value is -1.14. The highest BCUT2D eigenvalue weighted by Gasteiger charge is 2.48. The Morgan fingerprint density at radius 2 is 2.06 bits per heavy atom. The van der Waals surface area contributed by atoms with Crippen molar-refractivity contribution in [3.8, 4) is 0 Å². The van der Waals surface area contributed by atoms with Crippen LogP contribution in [-0.4, -0.2) is 49.5 Å². The second kappa shape index (κ2) is 5.97. The minimum atomic E-state index is -1.16. The van der Waals surface area contributed by atoms with Crippen LogP contribution in [0.1, 0.15) is 19.8 Å². The van der Waals surface area contributed by atoms with Crippen molar-refractivity contribution in [2.75, 3.05) is 26.9 Å². The zero-order valence-electron chi connectivity index (χ0n) is 10.2. The lowest BCUT2D eigenvalue weighted by Crippen LogP contribution is -2.54. The van der Waals surface area contributed by atoms with Gasteiger partial charge in [0.25, 0.3) is 0 Å². The van der Waals surface area contributed by atoms with Crippen LogP contribution in [0.15, 0.2) is 0 Å². The summed E-state index contributed by atoms with van der Waals surface area (Å²) in [5.74, 6) is -1.37. The summed E-state index contributed by atoms with van der Waals surface area (Å²) >= 11 is 0. The molecule has 1 unspecified atom stereocenters. The molecule has 1 atom stereocenters. The highest BCUT2D eigenvalue weighted by atomic mass is 16.5. The molecule has 1 amide bonds. The number of rotatable bonds is 8. The summed E-state index contributed by atoms with van der Waals surface area (Å²) in [6.07, 6.45) is 1.68. The van der Waals surface area contributed by atoms with E-state index in [1.165, 1.54) is 7.11 Å². The second-order valence-electron chi connectivity index (χ2n) is 4.38. The van der Waals surface area contributed by atoms with Crippen LogP contribution in [0.4, 0.5) is 0 Å². The van der Waals surface area contributed by atoms with Gasteiger partial charge in [0.05, 0.1) is 13.2 Å². The summed E-state index contributed by atoms with van der Waals surface area (Å²) in [6, 6.07) is 0. The predicted octanol–water partition coefficient (Wildman–Crippen LogP) is 0.0189. The lowest BCUT2D eigenvalue weighted by Gasteiger charge is -2.26. The standard InChI is InChI=1S/C11H19NO5/c1-11(10(14)15,8-3-4-8)12-9(13)7-17-6-5-16-2/h8H,3-7H2,1-2H3,(H,12,13)(H,14,15). The molecule has 0 aromatic carbocycles. The van der Waals surface area contributed by atoms with E-state index in [4.69, 9.17) is 14.6 Å². The molecule has 0 saturated heterocycles. The third-order valence-electron chi connectivity index (χ3n) is 2.90. The summed E-state index contributed by atoms with van der Waals surface area (Å²) in [6.45, 7) is 2.13. The van der Waals surface area contributed by atoms with Crippen molar-refractivity contribution in [2.24, 2.45) is 5.92 Å². The number of hydrogen-bond acceptors (Lipinski definition) is 4. The third-order valence-corrected chi connectivity index (χ3v) is 2.90. The molecule has 0 bridgehead atoms. The molecule has 0 aromatic rings. The van der Waals surface area contributed by atoms with Gasteiger partial charge in [-0.05, 0) is 25.7 Å². The molecule has 17 heavy (non-hydrogen) atoms. The molecule has 2 N–H and O–H groups in total. The maximum Gasteiger partial charge on any atom is 0.329 e. The molecule has 0 spiro atoms. The number of nitrogens with one attached hydrogen (secondary N) is 1. The fourth-order valence-corrected chi connectivity index (χ4v) is 1.62. The molecule has 0 heterocycles. The highest BCUT2D eigenvalue weighted by molar-refractivity contribution is 5.87. The van der Waals surface area contributed by atoms with Crippen molar-refractivity contribution < 1.29 is 24.2 Å². The van der Waals surface area contributed by atoms with Gasteiger partial charge in [0.2, 0.25) is 5.91 Å². The molecule has 0 aliphatic heterocycles. The van der Waals surface area contributed by atoms with Crippen LogP contribution in [0.25, 0.3) is 0 Å². The Morgan fingerprint density at radius 3 is 2.53 bits per heavy atom. The van der Waals surface area contributed by atoms with Gasteiger partial charge in [0.1, 0.15) is 12.1 Å². The van der Waals surface area contributed by atoms with E-state index >= 15 is 0 Å². The van der Waals surface area contributed by atoms with Gasteiger partial charge in [-0.1, -0.05) is 0 Å². The topological polar surface area (TPSA) is 84.9 Å². The van der Waals surface area contributed by atoms with E-state index in [2.05, 4.69) is 5.32 Å². The summed E-state index contributed by atoms with van der Waals surface area (Å²) in [7, 11) is 1.54. The first-order valence-electron chi connectivity index (χ1n) is 5.61. The summed E-state index contributed by atoms with van der Waals surface area (Å²) in [5, 5.41) is 11.7. The molecular weight excluding hydrogens is 226 g/mol. The van der Waals surface area contributed by atoms with Crippen LogP contribution >= 0.6 is 0 Å². The number of carboxylic acids is 1. The fourth-order valence-electron chi connectivity index (χ4n) is 1.62. The molecule has 98 valence electrons. The Balaban J connectivity index is 2.35. The molecule has 0 aromatic heterocycles. The molecule has 6 nitrogen and oxygen atoms in total. The first kappa shape index (κ1) is 13.9. The van der Waals surface area contributed by atoms with Crippen LogP contribution < -0.4 is 5.32 Å². The summed E-state index contributed by atoms with van der Waals surface area (Å²) in [4.78, 5) is 22.7. The van der Waals surface area contributed by atoms with Gasteiger partial charge in [-0.2, -0.15) is 0 Å². The summed E-state index contributed by atoms with van der Waals surface area (Å²) < 4.78 is 9.79. The van der Waals surface area contributed by atoms with Gasteiger partial charge in [-0.15, -0.1) is 0 Å². The first-order valence-corrected chi connectivity index (χ1v) is 5.61. The predicted molar refractivity (Wildman–Crippen MR) is 59.6 cm³/mol. The van der Waals surface area contributed by atoms with Crippen molar-refractivity contribution in [3.63, 3.8) is 0 Å². The maximum absolute atomic E-state index is 11.5. The lowest BCUT2D eigenvalue weighted by atomic mass is 9.96. The Kier molecular flexibility index (Phi) is 4.89. The molecule has 1 saturated carbocycles. The zero-order valence-corrected chi connectivity index (χ0v) is 10.2. The van der Waals surface area contributed by atoms with E-state index in [1.807, 2.05) is 0 Å². The number of amides is 1. The quantitative estimate of drug-likeness (QED) is 0.589. The number of carbonyl (C=O) groups excluding carboxylic acids is 1. The first-order chi connectivity index (χ1) is 8.00. The van der Waals surface area contributed by atoms with E-state index < -0.39 is 17.4 Å². The number of carbonyl (C=O) groups is 2. The van der Waals surface area contributed by atoms with E-state index in [9.17, 15) is 9.59 Å². The minimum absolute atomic E-state index is 0.0305. The van der Waals surface area contributed by atoms with Gasteiger partial charge in [-0.25, -0.2) is 4.79 Å². The van der Waals surface area contributed by atoms with Gasteiger partial charge >= 0.3 is 5.97 Å². The van der Waals surface area contributed by atoms with Crippen molar-refractivity contribution in [1.29, 1.82) is 0 Å². The fraction of sp³-hybridized carbons (Fsp3) is 0.818. The highest BCUT2D eigenvalue weighted by Crippen LogP contribution is 2.39. The third kappa shape index (κ3) is 3.98. The molecule has 1 aliphatic carbocycles. The van der Waals surface area contributed by atoms with E-state index in [0.717, 1.165) is 12.8 Å². The van der Waals surface area contributed by atoms with Crippen molar-refractivity contribution >= 4 is 11.9 Å². The number of aliphatic carboxylic acids is 1. The van der Waals surface area contributed by atoms with Crippen LogP contribution in [-0.2, 0) is 19.1 Å². The summed E-state index contributed by atoms with van der Waals surface area (Å²) in [5.41, 5.74) is -1.16. The normalized spacial score (nSPS) is 18.5. The zero-order chi connectivity index (χ0) is 12.9. The van der Waals surface area contributed by atoms with Gasteiger partial charge in [-0.3, -0.25) is 4.79 Å². The van der Waals surface area contributed by atoms with E-state index in [-0.39, 0.29) is 12.5 Å². The van der Waals surface area contributed by atoms with Crippen LogP contribution in [0.5, 0.6) is 0 Å². The Labute approximate surface area is 100 Å². The van der Waals surface area contributed by atoms with Crippen molar-refractivity contribution in [3.05, 3.63) is 0 Å². The maximum atomic E-state index is 11.5.